The van der Waals surface area contributed by atoms with E-state index in [1.54, 1.807) is 17.0 Å². The van der Waals surface area contributed by atoms with Crippen molar-refractivity contribution in [3.05, 3.63) is 48.5 Å². The number of aromatic nitrogens is 2. The molecule has 0 aliphatic carbocycles. The molecular weight excluding hydrogens is 413 g/mol. The van der Waals surface area contributed by atoms with Crippen LogP contribution in [0, 0.1) is 5.82 Å². The molecule has 8 nitrogen and oxygen atoms in total. The molecule has 0 radical (unpaired) electrons. The molecule has 0 unspecified atom stereocenters. The summed E-state index contributed by atoms with van der Waals surface area (Å²) in [6.45, 7) is 4.90. The second-order valence-electron chi connectivity index (χ2n) is 7.83. The third kappa shape index (κ3) is 4.35. The van der Waals surface area contributed by atoms with E-state index in [9.17, 15) is 9.18 Å². The highest BCUT2D eigenvalue weighted by Gasteiger charge is 2.27. The van der Waals surface area contributed by atoms with Gasteiger partial charge < -0.3 is 19.7 Å². The van der Waals surface area contributed by atoms with Crippen LogP contribution in [0.3, 0.4) is 0 Å². The summed E-state index contributed by atoms with van der Waals surface area (Å²) in [6.07, 6.45) is 2.32. The fourth-order valence-electron chi connectivity index (χ4n) is 4.04. The Labute approximate surface area is 185 Å². The van der Waals surface area contributed by atoms with E-state index in [2.05, 4.69) is 20.2 Å². The lowest BCUT2D eigenvalue weighted by atomic mass is 10.1. The van der Waals surface area contributed by atoms with Gasteiger partial charge in [-0.25, -0.2) is 14.4 Å². The van der Waals surface area contributed by atoms with E-state index in [1.165, 1.54) is 18.5 Å². The second kappa shape index (κ2) is 9.05. The van der Waals surface area contributed by atoms with Gasteiger partial charge in [-0.1, -0.05) is 0 Å². The summed E-state index contributed by atoms with van der Waals surface area (Å²) in [6, 6.07) is 9.79. The summed E-state index contributed by atoms with van der Waals surface area (Å²) in [5, 5.41) is 3.97. The largest absolute Gasteiger partial charge is 0.481 e. The molecule has 3 aromatic rings. The van der Waals surface area contributed by atoms with E-state index in [0.29, 0.717) is 35.0 Å². The van der Waals surface area contributed by atoms with E-state index in [0.717, 1.165) is 44.7 Å². The molecule has 9 heteroatoms. The monoisotopic (exact) mass is 437 g/mol. The van der Waals surface area contributed by atoms with Gasteiger partial charge in [0.1, 0.15) is 23.7 Å². The Balaban J connectivity index is 1.41. The molecule has 2 aliphatic rings. The number of fused-ring (bicyclic) bond motifs is 2. The summed E-state index contributed by atoms with van der Waals surface area (Å²) in [7, 11) is 0. The van der Waals surface area contributed by atoms with Crippen LogP contribution in [-0.2, 0) is 9.53 Å². The summed E-state index contributed by atoms with van der Waals surface area (Å²) in [4.78, 5) is 25.5. The van der Waals surface area contributed by atoms with Gasteiger partial charge in [0.05, 0.1) is 24.4 Å². The normalized spacial score (nSPS) is 16.7. The summed E-state index contributed by atoms with van der Waals surface area (Å²) >= 11 is 0. The molecule has 0 atom stereocenters. The number of nitrogens with one attached hydrogen (secondary N) is 1. The number of hydrogen-bond donors (Lipinski definition) is 1. The van der Waals surface area contributed by atoms with Crippen molar-refractivity contribution < 1.29 is 18.7 Å². The van der Waals surface area contributed by atoms with Gasteiger partial charge in [-0.3, -0.25) is 9.69 Å². The molecule has 1 amide bonds. The van der Waals surface area contributed by atoms with Crippen molar-refractivity contribution >= 4 is 34.0 Å². The van der Waals surface area contributed by atoms with Gasteiger partial charge in [0.15, 0.2) is 6.61 Å². The predicted molar refractivity (Wildman–Crippen MR) is 119 cm³/mol. The number of benzene rings is 2. The fraction of sp³-hybridized carbons (Fsp3) is 0.348. The van der Waals surface area contributed by atoms with Crippen LogP contribution < -0.4 is 15.0 Å². The van der Waals surface area contributed by atoms with Crippen LogP contribution in [0.25, 0.3) is 10.9 Å². The molecular formula is C23H24FN5O3. The highest BCUT2D eigenvalue weighted by molar-refractivity contribution is 6.03. The lowest BCUT2D eigenvalue weighted by Crippen LogP contribution is -2.42. The summed E-state index contributed by atoms with van der Waals surface area (Å²) in [5.41, 5.74) is 2.12. The lowest BCUT2D eigenvalue weighted by Gasteiger charge is -2.31. The number of halogens is 1. The van der Waals surface area contributed by atoms with Crippen LogP contribution in [0.1, 0.15) is 6.42 Å². The highest BCUT2D eigenvalue weighted by atomic mass is 19.1. The maximum absolute atomic E-state index is 13.3. The molecule has 32 heavy (non-hydrogen) atoms. The number of anilines is 3. The zero-order valence-corrected chi connectivity index (χ0v) is 17.6. The van der Waals surface area contributed by atoms with Gasteiger partial charge in [-0.15, -0.1) is 0 Å². The first-order valence-electron chi connectivity index (χ1n) is 10.7. The molecule has 166 valence electrons. The Morgan fingerprint density at radius 3 is 2.69 bits per heavy atom. The van der Waals surface area contributed by atoms with E-state index >= 15 is 0 Å². The zero-order valence-electron chi connectivity index (χ0n) is 17.6. The minimum Gasteiger partial charge on any atom is -0.481 e. The van der Waals surface area contributed by atoms with Crippen molar-refractivity contribution in [1.29, 1.82) is 0 Å². The molecule has 2 aliphatic heterocycles. The number of morpholine rings is 1. The zero-order chi connectivity index (χ0) is 21.9. The molecule has 0 saturated carbocycles. The van der Waals surface area contributed by atoms with Crippen molar-refractivity contribution in [2.24, 2.45) is 0 Å². The van der Waals surface area contributed by atoms with Gasteiger partial charge in [-0.05, 0) is 36.8 Å². The first kappa shape index (κ1) is 20.6. The lowest BCUT2D eigenvalue weighted by molar-refractivity contribution is -0.121. The molecule has 5 rings (SSSR count). The molecule has 3 heterocycles. The third-order valence-corrected chi connectivity index (χ3v) is 5.73. The Kier molecular flexibility index (Phi) is 5.83. The number of carbonyl (C=O) groups excluding carboxylic acids is 1. The molecule has 0 spiro atoms. The number of hydrogen-bond acceptors (Lipinski definition) is 7. The van der Waals surface area contributed by atoms with Crippen molar-refractivity contribution in [2.75, 3.05) is 56.2 Å². The Morgan fingerprint density at radius 2 is 1.88 bits per heavy atom. The van der Waals surface area contributed by atoms with Gasteiger partial charge >= 0.3 is 0 Å². The van der Waals surface area contributed by atoms with Gasteiger partial charge in [0, 0.05) is 43.3 Å². The number of nitrogens with zero attached hydrogens (tertiary/aromatic N) is 4. The molecule has 1 saturated heterocycles. The molecule has 1 fully saturated rings. The average molecular weight is 437 g/mol. The van der Waals surface area contributed by atoms with Crippen LogP contribution in [0.2, 0.25) is 0 Å². The number of ether oxygens (including phenoxy) is 2. The van der Waals surface area contributed by atoms with Gasteiger partial charge in [0.2, 0.25) is 0 Å². The predicted octanol–water partition coefficient (Wildman–Crippen LogP) is 2.96. The van der Waals surface area contributed by atoms with Gasteiger partial charge in [-0.2, -0.15) is 0 Å². The van der Waals surface area contributed by atoms with Crippen LogP contribution in [-0.4, -0.2) is 66.8 Å². The van der Waals surface area contributed by atoms with Crippen LogP contribution >= 0.6 is 0 Å². The third-order valence-electron chi connectivity index (χ3n) is 5.73. The Hall–Kier alpha value is -3.30. The maximum atomic E-state index is 13.3. The van der Waals surface area contributed by atoms with Crippen molar-refractivity contribution in [1.82, 2.24) is 14.9 Å². The van der Waals surface area contributed by atoms with E-state index in [4.69, 9.17) is 9.47 Å². The Morgan fingerprint density at radius 1 is 1.06 bits per heavy atom. The second-order valence-corrected chi connectivity index (χ2v) is 7.83. The number of amides is 1. The highest BCUT2D eigenvalue weighted by Crippen LogP contribution is 2.37. The minimum absolute atomic E-state index is 0.0157. The molecule has 1 N–H and O–H groups in total. The fourth-order valence-corrected chi connectivity index (χ4v) is 4.04. The number of rotatable bonds is 6. The Bertz CT molecular complexity index is 1120. The molecule has 0 bridgehead atoms. The van der Waals surface area contributed by atoms with Crippen molar-refractivity contribution in [3.63, 3.8) is 0 Å². The summed E-state index contributed by atoms with van der Waals surface area (Å²) < 4.78 is 24.4. The van der Waals surface area contributed by atoms with Crippen LogP contribution in [0.5, 0.6) is 5.75 Å². The minimum atomic E-state index is -0.305. The van der Waals surface area contributed by atoms with E-state index < -0.39 is 0 Å². The average Bonchev–Trinajstić information content (AvgIpc) is 2.82. The smallest absolute Gasteiger partial charge is 0.265 e. The van der Waals surface area contributed by atoms with Crippen LogP contribution in [0.15, 0.2) is 42.7 Å². The number of carbonyl (C=O) groups is 1. The quantitative estimate of drug-likeness (QED) is 0.635. The van der Waals surface area contributed by atoms with Crippen molar-refractivity contribution in [3.8, 4) is 5.75 Å². The van der Waals surface area contributed by atoms with Gasteiger partial charge in [0.25, 0.3) is 5.91 Å². The standard InChI is InChI=1S/C23H24FN5O3/c24-16-2-4-17(5-3-16)27-23-18-12-20-21(13-19(18)25-15-26-23)32-14-22(30)29(20)7-1-6-28-8-10-31-11-9-28/h2-5,12-13,15H,1,6-11,14H2,(H,25,26,27). The van der Waals surface area contributed by atoms with Crippen LogP contribution in [0.4, 0.5) is 21.6 Å². The maximum Gasteiger partial charge on any atom is 0.265 e. The summed E-state index contributed by atoms with van der Waals surface area (Å²) in [5.74, 6) is 0.842. The first-order chi connectivity index (χ1) is 15.7. The SMILES string of the molecule is O=C1COc2cc3ncnc(Nc4ccc(F)cc4)c3cc2N1CCCN1CCOCC1. The van der Waals surface area contributed by atoms with E-state index in [-0.39, 0.29) is 18.3 Å². The molecule has 1 aromatic heterocycles. The van der Waals surface area contributed by atoms with E-state index in [1.807, 2.05) is 12.1 Å². The first-order valence-corrected chi connectivity index (χ1v) is 10.7. The topological polar surface area (TPSA) is 79.8 Å². The molecule has 2 aromatic carbocycles. The van der Waals surface area contributed by atoms with Crippen molar-refractivity contribution in [2.45, 2.75) is 6.42 Å².